The zero-order chi connectivity index (χ0) is 12.6. The molecule has 0 amide bonds. The molecule has 3 N–H and O–H groups in total. The predicted octanol–water partition coefficient (Wildman–Crippen LogP) is 2.46. The van der Waals surface area contributed by atoms with Crippen LogP contribution >= 0.6 is 0 Å². The summed E-state index contributed by atoms with van der Waals surface area (Å²) in [4.78, 5) is 0. The van der Waals surface area contributed by atoms with E-state index < -0.39 is 0 Å². The van der Waals surface area contributed by atoms with Gasteiger partial charge in [0.25, 0.3) is 0 Å². The Balaban J connectivity index is 3.80. The van der Waals surface area contributed by atoms with Crippen LogP contribution < -0.4 is 5.84 Å². The topological polar surface area (TPSA) is 235 Å². The van der Waals surface area contributed by atoms with Crippen LogP contribution in [0.5, 0.6) is 0 Å². The minimum absolute atomic E-state index is 2.50. The summed E-state index contributed by atoms with van der Waals surface area (Å²) >= 11 is 0. The van der Waals surface area contributed by atoms with Gasteiger partial charge in [0, 0.05) is 0 Å². The fourth-order valence-corrected chi connectivity index (χ4v) is 0.240. The second-order valence-corrected chi connectivity index (χ2v) is 1.38. The van der Waals surface area contributed by atoms with E-state index in [0.29, 0.717) is 0 Å². The van der Waals surface area contributed by atoms with Gasteiger partial charge in [-0.1, -0.05) is 5.22 Å². The molecule has 0 radical (unpaired) electrons. The van der Waals surface area contributed by atoms with Crippen LogP contribution in [0.25, 0.3) is 0 Å². The molecule has 0 spiro atoms. The molecule has 0 aromatic carbocycles. The molecule has 0 heterocycles. The van der Waals surface area contributed by atoms with Gasteiger partial charge in [-0.25, -0.2) is 0 Å². The predicted molar refractivity (Wildman–Crippen MR) is 43.3 cm³/mol. The Bertz CT molecular complexity index is 369. The van der Waals surface area contributed by atoms with Crippen LogP contribution in [0.15, 0.2) is 78.3 Å². The largest absolute Gasteiger partial charge is 0.303 e. The molecule has 0 aromatic heterocycles. The molecule has 0 fully saturated rings. The first-order valence-corrected chi connectivity index (χ1v) is 3.28. The maximum Gasteiger partial charge on any atom is -0.000000000000000117 e. The summed E-state index contributed by atoms with van der Waals surface area (Å²) < 4.78 is 0. The van der Waals surface area contributed by atoms with Crippen molar-refractivity contribution in [1.82, 2.24) is 0 Å². The van der Waals surface area contributed by atoms with Crippen molar-refractivity contribution < 1.29 is 0 Å². The van der Waals surface area contributed by atoms with Crippen molar-refractivity contribution in [3.8, 4) is 0 Å². The third-order valence-electron chi connectivity index (χ3n) is 0.576. The lowest BCUT2D eigenvalue weighted by Gasteiger charge is -1.69. The van der Waals surface area contributed by atoms with Gasteiger partial charge < -0.3 is 5.84 Å². The van der Waals surface area contributed by atoms with Crippen molar-refractivity contribution in [2.45, 2.75) is 0 Å². The molecule has 17 nitrogen and oxygen atoms in total. The lowest BCUT2D eigenvalue weighted by atomic mass is 12.3. The van der Waals surface area contributed by atoms with E-state index in [0.717, 1.165) is 0 Å². The molecule has 0 aliphatic heterocycles. The van der Waals surface area contributed by atoms with Gasteiger partial charge in [0.2, 0.25) is 0 Å². The second kappa shape index (κ2) is 12.6. The minimum Gasteiger partial charge on any atom is -0.303 e. The SMILES string of the molecule is N=N/N=N/N=N/N=N/N=N/N=N/N=N/N=N/N. The van der Waals surface area contributed by atoms with E-state index in [1.165, 1.54) is 0 Å². The van der Waals surface area contributed by atoms with Crippen molar-refractivity contribution >= 4 is 0 Å². The van der Waals surface area contributed by atoms with E-state index in [1.807, 2.05) is 0 Å². The number of hydrogen-bond donors (Lipinski definition) is 2. The van der Waals surface area contributed by atoms with Gasteiger partial charge in [-0.15, -0.1) is 0 Å². The maximum atomic E-state index is 6.17. The number of nitrogens with one attached hydrogen (secondary N) is 1. The van der Waals surface area contributed by atoms with E-state index in [4.69, 9.17) is 5.53 Å². The Labute approximate surface area is 90.8 Å². The first-order valence-electron chi connectivity index (χ1n) is 3.28. The molecular weight excluding hydrogens is 238 g/mol. The number of nitrogens with two attached hydrogens (primary N) is 1. The summed E-state index contributed by atoms with van der Waals surface area (Å²) in [5.74, 6) is 4.58. The highest BCUT2D eigenvalue weighted by Gasteiger charge is 1.69. The highest BCUT2D eigenvalue weighted by atomic mass is 15.7. The molecule has 0 bridgehead atoms. The molecule has 0 saturated carbocycles. The molecule has 0 atom stereocenters. The third kappa shape index (κ3) is 12.6. The van der Waals surface area contributed by atoms with Crippen LogP contribution in [0, 0.1) is 5.53 Å². The highest BCUT2D eigenvalue weighted by molar-refractivity contribution is 4.12. The van der Waals surface area contributed by atoms with E-state index in [9.17, 15) is 0 Å². The van der Waals surface area contributed by atoms with Gasteiger partial charge >= 0.3 is 0 Å². The van der Waals surface area contributed by atoms with Crippen LogP contribution in [0.1, 0.15) is 0 Å². The van der Waals surface area contributed by atoms with E-state index in [-0.39, 0.29) is 0 Å². The normalized spacial score (nSPS) is 13.9. The zero-order valence-corrected chi connectivity index (χ0v) is 7.79. The smallest absolute Gasteiger partial charge is 0.000000000000000117 e. The first kappa shape index (κ1) is 13.6. The number of rotatable bonds is 7. The van der Waals surface area contributed by atoms with Gasteiger partial charge in [0.1, 0.15) is 0 Å². The van der Waals surface area contributed by atoms with Crippen molar-refractivity contribution in [1.29, 1.82) is 5.53 Å². The average molecular weight is 241 g/mol. The fourth-order valence-electron chi connectivity index (χ4n) is 0.240. The standard InChI is InChI=1S/H3N17/c1-3-5-7-9-11-13-15-17-16-14-12-10-8-6-4-2/h(H3,1,2,5,6,9,10,13,14,17). The van der Waals surface area contributed by atoms with Gasteiger partial charge in [0.05, 0.1) is 0 Å². The van der Waals surface area contributed by atoms with Crippen LogP contribution in [0.3, 0.4) is 0 Å². The Morgan fingerprint density at radius 2 is 0.765 bits per heavy atom. The van der Waals surface area contributed by atoms with E-state index in [2.05, 4.69) is 84.2 Å². The lowest BCUT2D eigenvalue weighted by Crippen LogP contribution is -1.70. The Hall–Kier alpha value is -3.40. The van der Waals surface area contributed by atoms with E-state index >= 15 is 0 Å². The van der Waals surface area contributed by atoms with Crippen molar-refractivity contribution in [2.75, 3.05) is 0 Å². The summed E-state index contributed by atoms with van der Waals surface area (Å²) in [5, 5.41) is 43.2. The van der Waals surface area contributed by atoms with Crippen LogP contribution in [-0.4, -0.2) is 0 Å². The van der Waals surface area contributed by atoms with Crippen molar-refractivity contribution in [2.24, 2.45) is 84.2 Å². The monoisotopic (exact) mass is 241 g/mol. The Morgan fingerprint density at radius 1 is 0.471 bits per heavy atom. The zero-order valence-electron chi connectivity index (χ0n) is 7.79. The molecule has 0 unspecified atom stereocenters. The van der Waals surface area contributed by atoms with Gasteiger partial charge in [-0.3, -0.25) is 0 Å². The molecule has 0 aromatic rings. The Morgan fingerprint density at radius 3 is 1.06 bits per heavy atom. The van der Waals surface area contributed by atoms with Gasteiger partial charge in [-0.2, -0.15) is 5.53 Å². The quantitative estimate of drug-likeness (QED) is 0.380. The van der Waals surface area contributed by atoms with Crippen molar-refractivity contribution in [3.63, 3.8) is 0 Å². The molecule has 0 aliphatic carbocycles. The van der Waals surface area contributed by atoms with Crippen LogP contribution in [0.2, 0.25) is 0 Å². The molecule has 0 saturated heterocycles. The minimum atomic E-state index is 2.50. The summed E-state index contributed by atoms with van der Waals surface area (Å²) in [5.41, 5.74) is 6.17. The average Bonchev–Trinajstić information content (AvgIpc) is 2.35. The molecule has 0 aliphatic rings. The van der Waals surface area contributed by atoms with Gasteiger partial charge in [-0.05, 0) is 73.1 Å². The molecule has 17 heteroatoms. The third-order valence-corrected chi connectivity index (χ3v) is 0.576. The fraction of sp³-hybridized carbons (Fsp3) is 0. The number of nitrogens with zero attached hydrogens (tertiary/aromatic N) is 15. The molecule has 17 heavy (non-hydrogen) atoms. The summed E-state index contributed by atoms with van der Waals surface area (Å²) in [6.07, 6.45) is 0. The molecule has 0 rings (SSSR count). The summed E-state index contributed by atoms with van der Waals surface area (Å²) in [6.45, 7) is 0. The van der Waals surface area contributed by atoms with Crippen LogP contribution in [-0.2, 0) is 0 Å². The van der Waals surface area contributed by atoms with E-state index in [1.54, 1.807) is 0 Å². The second-order valence-electron chi connectivity index (χ2n) is 1.38. The Kier molecular flexibility index (Phi) is 10.1. The molecular formula is H3N17. The lowest BCUT2D eigenvalue weighted by molar-refractivity contribution is 0.742. The van der Waals surface area contributed by atoms with Crippen molar-refractivity contribution in [3.05, 3.63) is 0 Å². The highest BCUT2D eigenvalue weighted by Crippen LogP contribution is 1.87. The van der Waals surface area contributed by atoms with Gasteiger partial charge in [0.15, 0.2) is 0 Å². The first-order chi connectivity index (χ1) is 8.41. The number of hydrogen-bond acceptors (Lipinski definition) is 2. The summed E-state index contributed by atoms with van der Waals surface area (Å²) in [7, 11) is 0. The maximum absolute atomic E-state index is 6.17. The van der Waals surface area contributed by atoms with Crippen LogP contribution in [0.4, 0.5) is 0 Å². The molecule has 88 valence electrons. The summed E-state index contributed by atoms with van der Waals surface area (Å²) in [6, 6.07) is 0.